The Labute approximate surface area is 172 Å². The van der Waals surface area contributed by atoms with Crippen LogP contribution in [-0.4, -0.2) is 45.0 Å². The van der Waals surface area contributed by atoms with Crippen LogP contribution >= 0.6 is 34.6 Å². The SMILES string of the molecule is COCC(C)(C)CO[PH](=S)SCCCCSP1(=S)OCC(C)(C)CO1. The van der Waals surface area contributed by atoms with Gasteiger partial charge in [-0.2, -0.15) is 0 Å². The molecule has 0 aromatic carbocycles. The molecule has 1 unspecified atom stereocenters. The Morgan fingerprint density at radius 2 is 1.76 bits per heavy atom. The number of ether oxygens (including phenoxy) is 1. The van der Waals surface area contributed by atoms with Crippen LogP contribution in [0, 0.1) is 10.8 Å². The fourth-order valence-corrected chi connectivity index (χ4v) is 9.92. The summed E-state index contributed by atoms with van der Waals surface area (Å²) in [4.78, 5) is 0. The highest BCUT2D eigenvalue weighted by atomic mass is 32.9. The summed E-state index contributed by atoms with van der Waals surface area (Å²) in [6.07, 6.45) is 1.02. The van der Waals surface area contributed by atoms with E-state index < -0.39 is 11.8 Å². The van der Waals surface area contributed by atoms with Gasteiger partial charge in [0.1, 0.15) is 6.13 Å². The lowest BCUT2D eigenvalue weighted by Crippen LogP contribution is -2.28. The first-order valence-electron chi connectivity index (χ1n) is 8.40. The topological polar surface area (TPSA) is 36.9 Å². The van der Waals surface area contributed by atoms with Crippen molar-refractivity contribution in [3.05, 3.63) is 0 Å². The second-order valence-electron chi connectivity index (χ2n) is 7.68. The van der Waals surface area contributed by atoms with E-state index in [4.69, 9.17) is 41.9 Å². The molecule has 1 heterocycles. The van der Waals surface area contributed by atoms with Gasteiger partial charge in [0.05, 0.1) is 26.4 Å². The molecule has 0 amide bonds. The highest BCUT2D eigenvalue weighted by Gasteiger charge is 2.33. The number of hydrogen-bond donors (Lipinski definition) is 0. The largest absolute Gasteiger partial charge is 0.384 e. The summed E-state index contributed by atoms with van der Waals surface area (Å²) in [5, 5.41) is 0. The van der Waals surface area contributed by atoms with Crippen LogP contribution in [0.3, 0.4) is 0 Å². The standard InChI is InChI=1S/C15H32O4P2S4/c1-14(2,10-16-5)11-17-20(22)24-8-6-7-9-25-21(23)18-12-15(3,4)13-19-21/h20H,6-13H2,1-5H3. The first-order valence-corrected chi connectivity index (χ1v) is 16.9. The molecule has 0 bridgehead atoms. The number of hydrogen-bond acceptors (Lipinski definition) is 8. The average Bonchev–Trinajstić information content (AvgIpc) is 2.52. The maximum Gasteiger partial charge on any atom is 0.247 e. The fraction of sp³-hybridized carbons (Fsp3) is 1.00. The molecule has 1 aliphatic rings. The molecule has 0 aromatic rings. The molecule has 1 rings (SSSR count). The molecule has 0 aromatic heterocycles. The van der Waals surface area contributed by atoms with E-state index in [0.717, 1.165) is 24.3 Å². The van der Waals surface area contributed by atoms with Crippen molar-refractivity contribution in [3.8, 4) is 0 Å². The predicted octanol–water partition coefficient (Wildman–Crippen LogP) is 5.73. The third-order valence-corrected chi connectivity index (χ3v) is 12.9. The Morgan fingerprint density at radius 3 is 2.36 bits per heavy atom. The van der Waals surface area contributed by atoms with Crippen molar-refractivity contribution in [3.63, 3.8) is 0 Å². The van der Waals surface area contributed by atoms with Gasteiger partial charge in [-0.05, 0) is 24.6 Å². The van der Waals surface area contributed by atoms with Crippen LogP contribution in [0.2, 0.25) is 0 Å². The van der Waals surface area contributed by atoms with Gasteiger partial charge in [-0.25, -0.2) is 0 Å². The maximum absolute atomic E-state index is 5.84. The molecular formula is C15H32O4P2S4. The second kappa shape index (κ2) is 11.7. The highest BCUT2D eigenvalue weighted by molar-refractivity contribution is 8.67. The van der Waals surface area contributed by atoms with Crippen molar-refractivity contribution in [2.75, 3.05) is 45.0 Å². The lowest BCUT2D eigenvalue weighted by Gasteiger charge is -2.35. The summed E-state index contributed by atoms with van der Waals surface area (Å²) >= 11 is 14.5. The summed E-state index contributed by atoms with van der Waals surface area (Å²) in [5.41, 5.74) is -2.00. The molecule has 0 spiro atoms. The fourth-order valence-electron chi connectivity index (χ4n) is 1.93. The van der Waals surface area contributed by atoms with Crippen LogP contribution in [0.15, 0.2) is 0 Å². The smallest absolute Gasteiger partial charge is 0.247 e. The first kappa shape index (κ1) is 24.9. The van der Waals surface area contributed by atoms with Gasteiger partial charge in [-0.1, -0.05) is 50.9 Å². The highest BCUT2D eigenvalue weighted by Crippen LogP contribution is 2.64. The molecule has 0 radical (unpaired) electrons. The zero-order valence-corrected chi connectivity index (χ0v) is 21.0. The van der Waals surface area contributed by atoms with Crippen molar-refractivity contribution in [2.24, 2.45) is 10.8 Å². The van der Waals surface area contributed by atoms with E-state index in [-0.39, 0.29) is 10.8 Å². The zero-order valence-electron chi connectivity index (χ0n) is 15.9. The molecule has 1 atom stereocenters. The van der Waals surface area contributed by atoms with Crippen LogP contribution in [0.1, 0.15) is 40.5 Å². The third-order valence-electron chi connectivity index (χ3n) is 3.35. The Balaban J connectivity index is 2.07. The van der Waals surface area contributed by atoms with E-state index in [1.807, 2.05) is 0 Å². The van der Waals surface area contributed by atoms with E-state index in [1.165, 1.54) is 0 Å². The molecule has 4 nitrogen and oxygen atoms in total. The average molecular weight is 467 g/mol. The molecule has 0 aliphatic carbocycles. The quantitative estimate of drug-likeness (QED) is 0.267. The molecule has 1 fully saturated rings. The van der Waals surface area contributed by atoms with Gasteiger partial charge in [-0.3, -0.25) is 0 Å². The Morgan fingerprint density at radius 1 is 1.16 bits per heavy atom. The normalized spacial score (nSPS) is 21.2. The van der Waals surface area contributed by atoms with E-state index in [1.54, 1.807) is 29.9 Å². The van der Waals surface area contributed by atoms with Gasteiger partial charge >= 0.3 is 0 Å². The van der Waals surface area contributed by atoms with E-state index >= 15 is 0 Å². The second-order valence-corrected chi connectivity index (χ2v) is 19.5. The minimum Gasteiger partial charge on any atom is -0.384 e. The van der Waals surface area contributed by atoms with Crippen molar-refractivity contribution in [1.29, 1.82) is 0 Å². The van der Waals surface area contributed by atoms with Crippen LogP contribution in [0.4, 0.5) is 0 Å². The monoisotopic (exact) mass is 466 g/mol. The molecular weight excluding hydrogens is 434 g/mol. The van der Waals surface area contributed by atoms with Gasteiger partial charge in [0.25, 0.3) is 0 Å². The van der Waals surface area contributed by atoms with E-state index in [0.29, 0.717) is 26.4 Å². The maximum atomic E-state index is 5.84. The molecule has 1 saturated heterocycles. The molecule has 0 saturated carbocycles. The number of rotatable bonds is 12. The summed E-state index contributed by atoms with van der Waals surface area (Å²) in [7, 11) is 1.72. The molecule has 150 valence electrons. The van der Waals surface area contributed by atoms with Crippen LogP contribution in [0.5, 0.6) is 0 Å². The zero-order chi connectivity index (χ0) is 19.0. The van der Waals surface area contributed by atoms with Gasteiger partial charge in [0.15, 0.2) is 0 Å². The van der Waals surface area contributed by atoms with Crippen LogP contribution < -0.4 is 0 Å². The lowest BCUT2D eigenvalue weighted by atomic mass is 9.97. The summed E-state index contributed by atoms with van der Waals surface area (Å²) in [5.74, 6) is 2.03. The molecule has 10 heteroatoms. The summed E-state index contributed by atoms with van der Waals surface area (Å²) in [6, 6.07) is 0. The van der Waals surface area contributed by atoms with Crippen LogP contribution in [0.25, 0.3) is 0 Å². The lowest BCUT2D eigenvalue weighted by molar-refractivity contribution is 0.0672. The van der Waals surface area contributed by atoms with Crippen molar-refractivity contribution >= 4 is 58.2 Å². The third kappa shape index (κ3) is 11.4. The minimum atomic E-state index is -2.10. The molecule has 1 aliphatic heterocycles. The first-order chi connectivity index (χ1) is 11.6. The van der Waals surface area contributed by atoms with Gasteiger partial charge in [-0.15, -0.1) is 11.4 Å². The predicted molar refractivity (Wildman–Crippen MR) is 121 cm³/mol. The Bertz CT molecular complexity index is 460. The van der Waals surface area contributed by atoms with Gasteiger partial charge in [0, 0.05) is 29.4 Å². The van der Waals surface area contributed by atoms with Crippen molar-refractivity contribution < 1.29 is 18.3 Å². The van der Waals surface area contributed by atoms with E-state index in [2.05, 4.69) is 27.7 Å². The van der Waals surface area contributed by atoms with Crippen LogP contribution in [-0.2, 0) is 41.9 Å². The number of methoxy groups -OCH3 is 1. The van der Waals surface area contributed by atoms with Gasteiger partial charge < -0.3 is 18.3 Å². The molecule has 25 heavy (non-hydrogen) atoms. The Hall–Kier alpha value is 1.84. The molecule has 0 N–H and O–H groups in total. The van der Waals surface area contributed by atoms with Crippen molar-refractivity contribution in [1.82, 2.24) is 0 Å². The number of unbranched alkanes of at least 4 members (excludes halogenated alkanes) is 1. The Kier molecular flexibility index (Phi) is 11.7. The summed E-state index contributed by atoms with van der Waals surface area (Å²) in [6.45, 7) is 11.3. The van der Waals surface area contributed by atoms with Crippen molar-refractivity contribution in [2.45, 2.75) is 40.5 Å². The van der Waals surface area contributed by atoms with Gasteiger partial charge in [0.2, 0.25) is 5.69 Å². The summed E-state index contributed by atoms with van der Waals surface area (Å²) < 4.78 is 22.7. The minimum absolute atomic E-state index is 0.0245. The van der Waals surface area contributed by atoms with E-state index in [9.17, 15) is 0 Å².